The number of hydrogen-bond acceptors (Lipinski definition) is 1. The van der Waals surface area contributed by atoms with Crippen LogP contribution in [0.1, 0.15) is 24.5 Å². The highest BCUT2D eigenvalue weighted by atomic mass is 79.9. The zero-order valence-corrected chi connectivity index (χ0v) is 11.2. The Hall–Kier alpha value is -1.09. The average Bonchev–Trinajstić information content (AvgIpc) is 2.22. The fourth-order valence-electron chi connectivity index (χ4n) is 1.26. The Kier molecular flexibility index (Phi) is 5.26. The highest BCUT2D eigenvalue weighted by Gasteiger charge is 1.94. The van der Waals surface area contributed by atoms with Crippen molar-refractivity contribution in [3.05, 3.63) is 39.9 Å². The first-order valence-electron chi connectivity index (χ1n) is 5.26. The van der Waals surface area contributed by atoms with Crippen LogP contribution in [0.3, 0.4) is 0 Å². The second-order valence-electron chi connectivity index (χ2n) is 3.68. The molecule has 0 aliphatic heterocycles. The van der Waals surface area contributed by atoms with Crippen molar-refractivity contribution in [2.24, 2.45) is 0 Å². The van der Waals surface area contributed by atoms with E-state index in [0.29, 0.717) is 6.54 Å². The van der Waals surface area contributed by atoms with E-state index in [4.69, 9.17) is 0 Å². The Morgan fingerprint density at radius 1 is 1.50 bits per heavy atom. The van der Waals surface area contributed by atoms with Crippen LogP contribution in [0.2, 0.25) is 0 Å². The van der Waals surface area contributed by atoms with E-state index in [1.807, 2.05) is 0 Å². The van der Waals surface area contributed by atoms with Crippen molar-refractivity contribution in [2.45, 2.75) is 20.3 Å². The standard InChI is InChI=1S/C13H16BrNO/c1-10-6-7-12(9-13(10)14)5-3-4-8-15-11(2)16/h3,5-7,9H,4,8H2,1-2H3,(H,15,16). The van der Waals surface area contributed by atoms with E-state index in [-0.39, 0.29) is 5.91 Å². The first-order valence-corrected chi connectivity index (χ1v) is 6.06. The molecule has 1 N–H and O–H groups in total. The first-order chi connectivity index (χ1) is 7.59. The van der Waals surface area contributed by atoms with E-state index in [1.165, 1.54) is 18.1 Å². The summed E-state index contributed by atoms with van der Waals surface area (Å²) in [5.41, 5.74) is 2.40. The van der Waals surface area contributed by atoms with Gasteiger partial charge in [-0.3, -0.25) is 4.79 Å². The monoisotopic (exact) mass is 281 g/mol. The van der Waals surface area contributed by atoms with Crippen LogP contribution in [0.15, 0.2) is 28.7 Å². The highest BCUT2D eigenvalue weighted by Crippen LogP contribution is 2.18. The number of carbonyl (C=O) groups is 1. The molecule has 1 rings (SSSR count). The molecule has 0 unspecified atom stereocenters. The minimum absolute atomic E-state index is 0.0199. The minimum Gasteiger partial charge on any atom is -0.356 e. The molecule has 86 valence electrons. The van der Waals surface area contributed by atoms with Crippen LogP contribution in [0.4, 0.5) is 0 Å². The van der Waals surface area contributed by atoms with E-state index < -0.39 is 0 Å². The molecule has 3 heteroatoms. The van der Waals surface area contributed by atoms with Gasteiger partial charge in [0.05, 0.1) is 0 Å². The van der Waals surface area contributed by atoms with Gasteiger partial charge >= 0.3 is 0 Å². The van der Waals surface area contributed by atoms with Gasteiger partial charge in [0.15, 0.2) is 0 Å². The van der Waals surface area contributed by atoms with Gasteiger partial charge in [0.25, 0.3) is 0 Å². The van der Waals surface area contributed by atoms with Crippen LogP contribution in [-0.4, -0.2) is 12.5 Å². The summed E-state index contributed by atoms with van der Waals surface area (Å²) >= 11 is 3.50. The molecule has 2 nitrogen and oxygen atoms in total. The zero-order chi connectivity index (χ0) is 12.0. The van der Waals surface area contributed by atoms with E-state index in [2.05, 4.69) is 58.5 Å². The number of rotatable bonds is 4. The number of aryl methyl sites for hydroxylation is 1. The van der Waals surface area contributed by atoms with Crippen molar-refractivity contribution in [3.63, 3.8) is 0 Å². The molecule has 0 heterocycles. The SMILES string of the molecule is CC(=O)NCCC=Cc1ccc(C)c(Br)c1. The van der Waals surface area contributed by atoms with Gasteiger partial charge in [0.2, 0.25) is 5.91 Å². The van der Waals surface area contributed by atoms with E-state index >= 15 is 0 Å². The van der Waals surface area contributed by atoms with Crippen LogP contribution in [0.5, 0.6) is 0 Å². The molecule has 0 aliphatic carbocycles. The van der Waals surface area contributed by atoms with Crippen LogP contribution < -0.4 is 5.32 Å². The predicted molar refractivity (Wildman–Crippen MR) is 71.2 cm³/mol. The van der Waals surface area contributed by atoms with Gasteiger partial charge in [-0.05, 0) is 30.5 Å². The van der Waals surface area contributed by atoms with Gasteiger partial charge in [-0.25, -0.2) is 0 Å². The maximum absolute atomic E-state index is 10.6. The fraction of sp³-hybridized carbons (Fsp3) is 0.308. The second-order valence-corrected chi connectivity index (χ2v) is 4.54. The first kappa shape index (κ1) is 13.0. The summed E-state index contributed by atoms with van der Waals surface area (Å²) in [7, 11) is 0. The second kappa shape index (κ2) is 6.48. The topological polar surface area (TPSA) is 29.1 Å². The molecule has 0 atom stereocenters. The van der Waals surface area contributed by atoms with Crippen molar-refractivity contribution in [1.29, 1.82) is 0 Å². The number of benzene rings is 1. The zero-order valence-electron chi connectivity index (χ0n) is 9.59. The molecule has 0 saturated carbocycles. The molecule has 1 amide bonds. The third kappa shape index (κ3) is 4.62. The van der Waals surface area contributed by atoms with Gasteiger partial charge in [0.1, 0.15) is 0 Å². The average molecular weight is 282 g/mol. The smallest absolute Gasteiger partial charge is 0.216 e. The van der Waals surface area contributed by atoms with E-state index in [0.717, 1.165) is 10.9 Å². The third-order valence-corrected chi connectivity index (χ3v) is 3.05. The lowest BCUT2D eigenvalue weighted by molar-refractivity contribution is -0.118. The Balaban J connectivity index is 2.44. The van der Waals surface area contributed by atoms with E-state index in [9.17, 15) is 4.79 Å². The van der Waals surface area contributed by atoms with Crippen molar-refractivity contribution in [2.75, 3.05) is 6.54 Å². The molecule has 1 aromatic carbocycles. The lowest BCUT2D eigenvalue weighted by Crippen LogP contribution is -2.20. The number of carbonyl (C=O) groups excluding carboxylic acids is 1. The Bertz CT molecular complexity index is 399. The maximum Gasteiger partial charge on any atom is 0.216 e. The van der Waals surface area contributed by atoms with Crippen molar-refractivity contribution in [1.82, 2.24) is 5.32 Å². The Morgan fingerprint density at radius 3 is 2.88 bits per heavy atom. The molecule has 0 bridgehead atoms. The molecule has 0 saturated heterocycles. The summed E-state index contributed by atoms with van der Waals surface area (Å²) in [5, 5.41) is 2.75. The molecule has 16 heavy (non-hydrogen) atoms. The number of nitrogens with one attached hydrogen (secondary N) is 1. The fourth-order valence-corrected chi connectivity index (χ4v) is 1.66. The third-order valence-electron chi connectivity index (χ3n) is 2.19. The van der Waals surface area contributed by atoms with Gasteiger partial charge in [-0.2, -0.15) is 0 Å². The summed E-state index contributed by atoms with van der Waals surface area (Å²) in [4.78, 5) is 10.6. The summed E-state index contributed by atoms with van der Waals surface area (Å²) in [6.07, 6.45) is 4.98. The van der Waals surface area contributed by atoms with Crippen molar-refractivity contribution in [3.8, 4) is 0 Å². The van der Waals surface area contributed by atoms with Gasteiger partial charge in [0, 0.05) is 17.9 Å². The summed E-state index contributed by atoms with van der Waals surface area (Å²) < 4.78 is 1.12. The minimum atomic E-state index is 0.0199. The van der Waals surface area contributed by atoms with Crippen LogP contribution in [0, 0.1) is 6.92 Å². The predicted octanol–water partition coefficient (Wildman–Crippen LogP) is 3.30. The lowest BCUT2D eigenvalue weighted by atomic mass is 10.1. The molecule has 0 fully saturated rings. The van der Waals surface area contributed by atoms with Crippen molar-refractivity contribution < 1.29 is 4.79 Å². The molecular weight excluding hydrogens is 266 g/mol. The largest absolute Gasteiger partial charge is 0.356 e. The van der Waals surface area contributed by atoms with Gasteiger partial charge in [-0.15, -0.1) is 0 Å². The normalized spacial score (nSPS) is 10.7. The summed E-state index contributed by atoms with van der Waals surface area (Å²) in [6.45, 7) is 4.29. The molecule has 0 aromatic heterocycles. The maximum atomic E-state index is 10.6. The van der Waals surface area contributed by atoms with Crippen LogP contribution in [-0.2, 0) is 4.79 Å². The highest BCUT2D eigenvalue weighted by molar-refractivity contribution is 9.10. The summed E-state index contributed by atoms with van der Waals surface area (Å²) in [6, 6.07) is 6.25. The van der Waals surface area contributed by atoms with Crippen LogP contribution in [0.25, 0.3) is 6.08 Å². The number of amides is 1. The molecule has 0 spiro atoms. The Labute approximate surface area is 105 Å². The lowest BCUT2D eigenvalue weighted by Gasteiger charge is -2.00. The number of hydrogen-bond donors (Lipinski definition) is 1. The summed E-state index contributed by atoms with van der Waals surface area (Å²) in [5.74, 6) is 0.0199. The molecular formula is C13H16BrNO. The van der Waals surface area contributed by atoms with Gasteiger partial charge in [-0.1, -0.05) is 40.2 Å². The molecule has 0 radical (unpaired) electrons. The van der Waals surface area contributed by atoms with Crippen LogP contribution >= 0.6 is 15.9 Å². The quantitative estimate of drug-likeness (QED) is 0.843. The molecule has 0 aliphatic rings. The Morgan fingerprint density at radius 2 is 2.25 bits per heavy atom. The van der Waals surface area contributed by atoms with Gasteiger partial charge < -0.3 is 5.32 Å². The molecule has 1 aromatic rings. The van der Waals surface area contributed by atoms with Crippen molar-refractivity contribution >= 4 is 27.9 Å². The number of halogens is 1. The van der Waals surface area contributed by atoms with E-state index in [1.54, 1.807) is 0 Å².